The zero-order chi connectivity index (χ0) is 15.5. The fourth-order valence-electron chi connectivity index (χ4n) is 4.92. The van der Waals surface area contributed by atoms with Gasteiger partial charge in [-0.05, 0) is 47.6 Å². The third-order valence-corrected chi connectivity index (χ3v) is 6.54. The van der Waals surface area contributed by atoms with E-state index in [1.54, 1.807) is 18.2 Å². The van der Waals surface area contributed by atoms with Gasteiger partial charge in [0.15, 0.2) is 11.6 Å². The van der Waals surface area contributed by atoms with Gasteiger partial charge < -0.3 is 9.84 Å². The lowest BCUT2D eigenvalue weighted by Gasteiger charge is -2.51. The van der Waals surface area contributed by atoms with Gasteiger partial charge in [0.05, 0.1) is 12.7 Å². The molecule has 1 aromatic carbocycles. The van der Waals surface area contributed by atoms with Gasteiger partial charge in [0.1, 0.15) is 0 Å². The van der Waals surface area contributed by atoms with Crippen LogP contribution in [0.1, 0.15) is 45.6 Å². The highest BCUT2D eigenvalue weighted by atomic mass is 19.1. The minimum absolute atomic E-state index is 0.114. The molecule has 1 aromatic rings. The molecule has 1 N–H and O–H groups in total. The summed E-state index contributed by atoms with van der Waals surface area (Å²) in [6.07, 6.45) is 3.60. The first-order valence-corrected chi connectivity index (χ1v) is 7.79. The molecule has 3 heteroatoms. The molecule has 3 rings (SSSR count). The van der Waals surface area contributed by atoms with E-state index in [0.717, 1.165) is 12.8 Å². The molecule has 2 aliphatic carbocycles. The molecule has 3 unspecified atom stereocenters. The predicted octanol–water partition coefficient (Wildman–Crippen LogP) is 3.95. The van der Waals surface area contributed by atoms with E-state index in [-0.39, 0.29) is 22.4 Å². The summed E-state index contributed by atoms with van der Waals surface area (Å²) in [6, 6.07) is 5.18. The minimum Gasteiger partial charge on any atom is -0.494 e. The molecule has 2 bridgehead atoms. The molecule has 3 atom stereocenters. The van der Waals surface area contributed by atoms with Crippen LogP contribution in [0, 0.1) is 22.6 Å². The smallest absolute Gasteiger partial charge is 0.168 e. The maximum absolute atomic E-state index is 14.5. The highest BCUT2D eigenvalue weighted by molar-refractivity contribution is 5.34. The number of hydrogen-bond acceptors (Lipinski definition) is 2. The van der Waals surface area contributed by atoms with Crippen LogP contribution >= 0.6 is 0 Å². The number of rotatable bonds is 3. The lowest BCUT2D eigenvalue weighted by atomic mass is 9.58. The van der Waals surface area contributed by atoms with Crippen LogP contribution < -0.4 is 4.74 Å². The normalized spacial score (nSPS) is 37.0. The predicted molar refractivity (Wildman–Crippen MR) is 80.8 cm³/mol. The molecule has 0 aliphatic heterocycles. The van der Waals surface area contributed by atoms with Crippen LogP contribution in [0.15, 0.2) is 18.2 Å². The van der Waals surface area contributed by atoms with Gasteiger partial charge in [-0.1, -0.05) is 32.9 Å². The Morgan fingerprint density at radius 1 is 1.33 bits per heavy atom. The fourth-order valence-corrected chi connectivity index (χ4v) is 4.92. The van der Waals surface area contributed by atoms with Gasteiger partial charge in [-0.25, -0.2) is 4.39 Å². The van der Waals surface area contributed by atoms with Crippen LogP contribution in [0.4, 0.5) is 4.39 Å². The van der Waals surface area contributed by atoms with Crippen LogP contribution in [0.2, 0.25) is 0 Å². The molecule has 0 aromatic heterocycles. The molecule has 0 spiro atoms. The number of benzene rings is 1. The number of fused-ring (bicyclic) bond motifs is 2. The molecule has 116 valence electrons. The standard InChI is InChI=1S/C18H25FO2/c1-16(2)13-8-9-17(3,11-13)18(16,20)10-12-6-5-7-14(21-4)15(12)19/h5-7,13,20H,8-11H2,1-4H3. The summed E-state index contributed by atoms with van der Waals surface area (Å²) in [6.45, 7) is 6.44. The summed E-state index contributed by atoms with van der Waals surface area (Å²) in [5.41, 5.74) is -0.610. The van der Waals surface area contributed by atoms with E-state index in [9.17, 15) is 9.50 Å². The topological polar surface area (TPSA) is 29.5 Å². The molecule has 2 fully saturated rings. The molecule has 0 amide bonds. The third kappa shape index (κ3) is 1.79. The molecule has 0 saturated heterocycles. The van der Waals surface area contributed by atoms with Crippen molar-refractivity contribution in [2.24, 2.45) is 16.7 Å². The van der Waals surface area contributed by atoms with Gasteiger partial charge in [-0.3, -0.25) is 0 Å². The van der Waals surface area contributed by atoms with Crippen LogP contribution in [0.5, 0.6) is 5.75 Å². The van der Waals surface area contributed by atoms with Gasteiger partial charge in [0, 0.05) is 6.42 Å². The van der Waals surface area contributed by atoms with Crippen molar-refractivity contribution in [2.75, 3.05) is 7.11 Å². The lowest BCUT2D eigenvalue weighted by molar-refractivity contribution is -0.142. The van der Waals surface area contributed by atoms with E-state index in [1.165, 1.54) is 13.5 Å². The van der Waals surface area contributed by atoms with E-state index in [0.29, 0.717) is 17.9 Å². The Bertz CT molecular complexity index is 562. The maximum atomic E-state index is 14.5. The minimum atomic E-state index is -0.865. The number of halogens is 1. The van der Waals surface area contributed by atoms with Crippen LogP contribution in [-0.2, 0) is 6.42 Å². The van der Waals surface area contributed by atoms with Gasteiger partial charge in [-0.15, -0.1) is 0 Å². The second-order valence-electron chi connectivity index (χ2n) is 7.69. The molecule has 0 radical (unpaired) electrons. The maximum Gasteiger partial charge on any atom is 0.168 e. The molecule has 2 saturated carbocycles. The van der Waals surface area contributed by atoms with Crippen LogP contribution in [-0.4, -0.2) is 17.8 Å². The van der Waals surface area contributed by atoms with Crippen molar-refractivity contribution < 1.29 is 14.2 Å². The number of ether oxygens (including phenoxy) is 1. The van der Waals surface area contributed by atoms with E-state index in [1.807, 2.05) is 0 Å². The molecule has 0 heterocycles. The molecule has 2 aliphatic rings. The largest absolute Gasteiger partial charge is 0.494 e. The second-order valence-corrected chi connectivity index (χ2v) is 7.69. The third-order valence-electron chi connectivity index (χ3n) is 6.54. The fraction of sp³-hybridized carbons (Fsp3) is 0.667. The van der Waals surface area contributed by atoms with Crippen molar-refractivity contribution in [3.8, 4) is 5.75 Å². The zero-order valence-electron chi connectivity index (χ0n) is 13.4. The lowest BCUT2D eigenvalue weighted by Crippen LogP contribution is -2.55. The monoisotopic (exact) mass is 292 g/mol. The summed E-state index contributed by atoms with van der Waals surface area (Å²) in [5, 5.41) is 11.5. The zero-order valence-corrected chi connectivity index (χ0v) is 13.4. The molecular formula is C18H25FO2. The van der Waals surface area contributed by atoms with Gasteiger partial charge >= 0.3 is 0 Å². The second kappa shape index (κ2) is 4.45. The summed E-state index contributed by atoms with van der Waals surface area (Å²) in [5.74, 6) is 0.444. The number of hydrogen-bond donors (Lipinski definition) is 1. The summed E-state index contributed by atoms with van der Waals surface area (Å²) in [7, 11) is 1.47. The Hall–Kier alpha value is -1.09. The van der Waals surface area contributed by atoms with Crippen molar-refractivity contribution in [3.05, 3.63) is 29.6 Å². The first-order valence-electron chi connectivity index (χ1n) is 7.79. The average molecular weight is 292 g/mol. The summed E-state index contributed by atoms with van der Waals surface area (Å²) >= 11 is 0. The van der Waals surface area contributed by atoms with Gasteiger partial charge in [0.2, 0.25) is 0 Å². The highest BCUT2D eigenvalue weighted by Gasteiger charge is 2.68. The Labute approximate surface area is 126 Å². The molecular weight excluding hydrogens is 267 g/mol. The first kappa shape index (κ1) is 14.8. The molecule has 2 nitrogen and oxygen atoms in total. The SMILES string of the molecule is COc1cccc(CC2(O)C3(C)CCC(C3)C2(C)C)c1F. The highest BCUT2D eigenvalue weighted by Crippen LogP contribution is 2.68. The Balaban J connectivity index is 2.01. The number of methoxy groups -OCH3 is 1. The Kier molecular flexibility index (Phi) is 3.14. The van der Waals surface area contributed by atoms with E-state index in [4.69, 9.17) is 4.74 Å². The average Bonchev–Trinajstić information content (AvgIpc) is 2.90. The number of aliphatic hydroxyl groups is 1. The Morgan fingerprint density at radius 2 is 2.05 bits per heavy atom. The van der Waals surface area contributed by atoms with E-state index in [2.05, 4.69) is 20.8 Å². The van der Waals surface area contributed by atoms with Gasteiger partial charge in [-0.2, -0.15) is 0 Å². The van der Waals surface area contributed by atoms with Crippen LogP contribution in [0.25, 0.3) is 0 Å². The van der Waals surface area contributed by atoms with Crippen molar-refractivity contribution in [3.63, 3.8) is 0 Å². The summed E-state index contributed by atoms with van der Waals surface area (Å²) < 4.78 is 19.5. The van der Waals surface area contributed by atoms with Crippen LogP contribution in [0.3, 0.4) is 0 Å². The first-order chi connectivity index (χ1) is 9.75. The molecule has 21 heavy (non-hydrogen) atoms. The van der Waals surface area contributed by atoms with E-state index >= 15 is 0 Å². The van der Waals surface area contributed by atoms with E-state index < -0.39 is 5.60 Å². The van der Waals surface area contributed by atoms with Crippen molar-refractivity contribution in [1.29, 1.82) is 0 Å². The quantitative estimate of drug-likeness (QED) is 0.914. The van der Waals surface area contributed by atoms with Crippen molar-refractivity contribution in [1.82, 2.24) is 0 Å². The van der Waals surface area contributed by atoms with Crippen molar-refractivity contribution in [2.45, 2.75) is 52.1 Å². The summed E-state index contributed by atoms with van der Waals surface area (Å²) in [4.78, 5) is 0. The Morgan fingerprint density at radius 3 is 2.62 bits per heavy atom. The van der Waals surface area contributed by atoms with Gasteiger partial charge in [0.25, 0.3) is 0 Å². The van der Waals surface area contributed by atoms with Crippen molar-refractivity contribution >= 4 is 0 Å².